The molecule has 1 aliphatic rings. The number of nitrogens with one attached hydrogen (secondary N) is 1. The Morgan fingerprint density at radius 1 is 0.974 bits per heavy atom. The van der Waals surface area contributed by atoms with Gasteiger partial charge in [0, 0.05) is 11.8 Å². The van der Waals surface area contributed by atoms with Gasteiger partial charge in [0.1, 0.15) is 17.4 Å². The lowest BCUT2D eigenvalue weighted by atomic mass is 10.0. The zero-order chi connectivity index (χ0) is 26.2. The maximum Gasteiger partial charge on any atom is 0.323 e. The Kier molecular flexibility index (Phi) is 5.92. The number of para-hydroxylation sites is 2. The molecule has 3 heterocycles. The fourth-order valence-electron chi connectivity index (χ4n) is 5.04. The van der Waals surface area contributed by atoms with Crippen LogP contribution in [-0.4, -0.2) is 32.4 Å². The summed E-state index contributed by atoms with van der Waals surface area (Å²) in [4.78, 5) is 15.6. The number of aromatic nitrogens is 3. The van der Waals surface area contributed by atoms with E-state index in [9.17, 15) is 9.18 Å². The number of benzene rings is 3. The average Bonchev–Trinajstić information content (AvgIpc) is 3.51. The molecule has 8 heteroatoms. The molecular weight excluding hydrogens is 481 g/mol. The maximum absolute atomic E-state index is 14.5. The third-order valence-electron chi connectivity index (χ3n) is 6.89. The highest BCUT2D eigenvalue weighted by Crippen LogP contribution is 2.39. The minimum Gasteiger partial charge on any atom is -0.497 e. The zero-order valence-corrected chi connectivity index (χ0v) is 21.0. The number of hydrogen-bond acceptors (Lipinski definition) is 3. The summed E-state index contributed by atoms with van der Waals surface area (Å²) in [5, 5.41) is 7.65. The van der Waals surface area contributed by atoms with E-state index in [4.69, 9.17) is 9.84 Å². The number of nitrogens with zero attached hydrogens (tertiary/aromatic N) is 4. The van der Waals surface area contributed by atoms with Crippen LogP contribution in [-0.2, 0) is 6.54 Å². The summed E-state index contributed by atoms with van der Waals surface area (Å²) >= 11 is 0. The van der Waals surface area contributed by atoms with Gasteiger partial charge in [0.25, 0.3) is 0 Å². The van der Waals surface area contributed by atoms with Gasteiger partial charge in [0.15, 0.2) is 0 Å². The Morgan fingerprint density at radius 2 is 1.71 bits per heavy atom. The molecule has 6 rings (SSSR count). The normalized spacial score (nSPS) is 14.4. The van der Waals surface area contributed by atoms with Crippen LogP contribution in [0.2, 0.25) is 0 Å². The van der Waals surface area contributed by atoms with Gasteiger partial charge in [-0.3, -0.25) is 0 Å². The first kappa shape index (κ1) is 23.5. The van der Waals surface area contributed by atoms with Crippen molar-refractivity contribution in [2.45, 2.75) is 19.5 Å². The number of carbonyl (C=O) groups is 1. The Balaban J connectivity index is 1.53. The number of hydrogen-bond donors (Lipinski definition) is 1. The van der Waals surface area contributed by atoms with Gasteiger partial charge < -0.3 is 19.5 Å². The van der Waals surface area contributed by atoms with Gasteiger partial charge >= 0.3 is 6.03 Å². The van der Waals surface area contributed by atoms with Gasteiger partial charge in [-0.25, -0.2) is 13.9 Å². The minimum atomic E-state index is -0.492. The summed E-state index contributed by atoms with van der Waals surface area (Å²) in [6.07, 6.45) is 1.99. The molecule has 7 nitrogen and oxygen atoms in total. The molecule has 5 aromatic rings. The first-order valence-electron chi connectivity index (χ1n) is 12.3. The van der Waals surface area contributed by atoms with Crippen molar-refractivity contribution in [3.8, 4) is 17.3 Å². The van der Waals surface area contributed by atoms with Crippen LogP contribution < -0.4 is 10.1 Å². The van der Waals surface area contributed by atoms with Gasteiger partial charge in [-0.15, -0.1) is 0 Å². The number of ether oxygens (including phenoxy) is 1. The number of urea groups is 1. The van der Waals surface area contributed by atoms with Gasteiger partial charge in [-0.2, -0.15) is 5.10 Å². The molecule has 38 heavy (non-hydrogen) atoms. The monoisotopic (exact) mass is 507 g/mol. The summed E-state index contributed by atoms with van der Waals surface area (Å²) in [7, 11) is 1.62. The second kappa shape index (κ2) is 9.55. The van der Waals surface area contributed by atoms with Crippen LogP contribution in [0.5, 0.6) is 5.75 Å². The number of methoxy groups -OCH3 is 1. The van der Waals surface area contributed by atoms with Crippen LogP contribution in [0, 0.1) is 12.7 Å². The number of aryl methyl sites for hydroxylation is 1. The van der Waals surface area contributed by atoms with Crippen molar-refractivity contribution in [2.24, 2.45) is 0 Å². The maximum atomic E-state index is 14.5. The molecule has 0 radical (unpaired) electrons. The van der Waals surface area contributed by atoms with E-state index in [1.54, 1.807) is 30.2 Å². The first-order chi connectivity index (χ1) is 18.5. The van der Waals surface area contributed by atoms with E-state index >= 15 is 0 Å². The van der Waals surface area contributed by atoms with E-state index in [-0.39, 0.29) is 12.2 Å². The van der Waals surface area contributed by atoms with Crippen molar-refractivity contribution in [3.63, 3.8) is 0 Å². The molecule has 1 N–H and O–H groups in total. The molecule has 0 spiro atoms. The smallest absolute Gasteiger partial charge is 0.323 e. The van der Waals surface area contributed by atoms with Crippen LogP contribution in [0.3, 0.4) is 0 Å². The Labute approximate surface area is 219 Å². The fourth-order valence-corrected chi connectivity index (χ4v) is 5.04. The molecule has 2 aromatic heterocycles. The van der Waals surface area contributed by atoms with Crippen molar-refractivity contribution in [3.05, 3.63) is 126 Å². The molecule has 1 aliphatic heterocycles. The second-order valence-electron chi connectivity index (χ2n) is 9.15. The highest BCUT2D eigenvalue weighted by Gasteiger charge is 2.36. The van der Waals surface area contributed by atoms with E-state index in [0.29, 0.717) is 0 Å². The summed E-state index contributed by atoms with van der Waals surface area (Å²) in [6.45, 7) is 2.22. The van der Waals surface area contributed by atoms with Gasteiger partial charge in [0.05, 0.1) is 42.5 Å². The Morgan fingerprint density at radius 3 is 2.45 bits per heavy atom. The van der Waals surface area contributed by atoms with E-state index in [2.05, 4.69) is 9.88 Å². The van der Waals surface area contributed by atoms with Crippen LogP contribution >= 0.6 is 0 Å². The molecule has 0 saturated carbocycles. The third-order valence-corrected chi connectivity index (χ3v) is 6.89. The lowest BCUT2D eigenvalue weighted by molar-refractivity contribution is 0.194. The highest BCUT2D eigenvalue weighted by molar-refractivity contribution is 5.90. The lowest BCUT2D eigenvalue weighted by Crippen LogP contribution is -2.38. The van der Waals surface area contributed by atoms with Crippen LogP contribution in [0.4, 0.5) is 14.9 Å². The van der Waals surface area contributed by atoms with Crippen LogP contribution in [0.1, 0.15) is 28.6 Å². The van der Waals surface area contributed by atoms with E-state index in [1.165, 1.54) is 6.07 Å². The summed E-state index contributed by atoms with van der Waals surface area (Å²) < 4.78 is 23.9. The minimum absolute atomic E-state index is 0.127. The van der Waals surface area contributed by atoms with Crippen molar-refractivity contribution in [2.75, 3.05) is 12.4 Å². The average molecular weight is 508 g/mol. The van der Waals surface area contributed by atoms with Gasteiger partial charge in [-0.05, 0) is 61.0 Å². The molecule has 0 fully saturated rings. The molecule has 2 amide bonds. The molecule has 0 saturated heterocycles. The molecule has 0 unspecified atom stereocenters. The topological polar surface area (TPSA) is 64.3 Å². The fraction of sp³-hybridized carbons (Fsp3) is 0.133. The lowest BCUT2D eigenvalue weighted by Gasteiger charge is -2.31. The van der Waals surface area contributed by atoms with Gasteiger partial charge in [0.2, 0.25) is 0 Å². The number of rotatable bonds is 4. The van der Waals surface area contributed by atoms with E-state index < -0.39 is 17.9 Å². The van der Waals surface area contributed by atoms with Crippen molar-refractivity contribution in [1.29, 1.82) is 0 Å². The van der Waals surface area contributed by atoms with Crippen molar-refractivity contribution >= 4 is 11.7 Å². The van der Waals surface area contributed by atoms with E-state index in [1.807, 2.05) is 84.5 Å². The molecule has 0 bridgehead atoms. The Bertz CT molecular complexity index is 1610. The number of carbonyl (C=O) groups excluding carboxylic acids is 1. The standard InChI is InChI=1S/C30H26FN5O2/c1-20-24-19-35(30(37)32-26-12-7-6-11-25(26)31)28(21-14-16-23(38-2)17-15-21)27-13-8-18-34(27)29(24)36(33-20)22-9-4-3-5-10-22/h3-18,28H,19H2,1-2H3,(H,32,37)/t28-/m1/s1. The van der Waals surface area contributed by atoms with Crippen molar-refractivity contribution in [1.82, 2.24) is 19.2 Å². The molecule has 1 atom stereocenters. The zero-order valence-electron chi connectivity index (χ0n) is 21.0. The van der Waals surface area contributed by atoms with Crippen LogP contribution in [0.15, 0.2) is 97.2 Å². The molecule has 0 aliphatic carbocycles. The quantitative estimate of drug-likeness (QED) is 0.312. The number of halogens is 1. The molecule has 3 aromatic carbocycles. The van der Waals surface area contributed by atoms with E-state index in [0.717, 1.165) is 39.8 Å². The molecule has 190 valence electrons. The second-order valence-corrected chi connectivity index (χ2v) is 9.15. The summed E-state index contributed by atoms with van der Waals surface area (Å²) in [5.41, 5.74) is 4.55. The number of fused-ring (bicyclic) bond motifs is 3. The van der Waals surface area contributed by atoms with Crippen LogP contribution in [0.25, 0.3) is 11.5 Å². The highest BCUT2D eigenvalue weighted by atomic mass is 19.1. The summed E-state index contributed by atoms with van der Waals surface area (Å²) in [5.74, 6) is 1.10. The number of amides is 2. The summed E-state index contributed by atoms with van der Waals surface area (Å²) in [6, 6.07) is 26.9. The Hall–Kier alpha value is -4.85. The van der Waals surface area contributed by atoms with Gasteiger partial charge in [-0.1, -0.05) is 42.5 Å². The SMILES string of the molecule is COc1ccc([C@@H]2c3cccn3-c3c(c(C)nn3-c3ccccc3)CN2C(=O)Nc2ccccc2F)cc1. The largest absolute Gasteiger partial charge is 0.497 e. The molecular formula is C30H26FN5O2. The predicted molar refractivity (Wildman–Crippen MR) is 143 cm³/mol. The first-order valence-corrected chi connectivity index (χ1v) is 12.3. The third kappa shape index (κ3) is 4.00. The predicted octanol–water partition coefficient (Wildman–Crippen LogP) is 6.26. The number of anilines is 1. The van der Waals surface area contributed by atoms with Crippen molar-refractivity contribution < 1.29 is 13.9 Å².